The van der Waals surface area contributed by atoms with E-state index in [0.29, 0.717) is 0 Å². The van der Waals surface area contributed by atoms with E-state index >= 15 is 0 Å². The van der Waals surface area contributed by atoms with Crippen molar-refractivity contribution in [3.8, 4) is 5.75 Å². The lowest BCUT2D eigenvalue weighted by Gasteiger charge is -2.10. The fourth-order valence-corrected chi connectivity index (χ4v) is 1.52. The summed E-state index contributed by atoms with van der Waals surface area (Å²) in [5, 5.41) is 3.55. The highest BCUT2D eigenvalue weighted by molar-refractivity contribution is 5.83. The summed E-state index contributed by atoms with van der Waals surface area (Å²) in [5.74, 6) is 6.07. The van der Waals surface area contributed by atoms with Crippen LogP contribution in [-0.4, -0.2) is 12.8 Å². The molecule has 0 fully saturated rings. The van der Waals surface area contributed by atoms with Crippen molar-refractivity contribution in [3.05, 3.63) is 28.8 Å². The molecule has 0 aliphatic heterocycles. The molecule has 0 unspecified atom stereocenters. The fraction of sp³-hybridized carbons (Fsp3) is 0.417. The molecule has 0 bridgehead atoms. The Labute approximate surface area is 90.9 Å². The molecule has 0 aliphatic rings. The second-order valence-corrected chi connectivity index (χ2v) is 3.60. The van der Waals surface area contributed by atoms with E-state index < -0.39 is 0 Å². The molecule has 0 spiro atoms. The Morgan fingerprint density at radius 2 is 1.93 bits per heavy atom. The molecular weight excluding hydrogens is 188 g/mol. The molecule has 0 aliphatic carbocycles. The normalized spacial score (nSPS) is 10.9. The number of hydrogen-bond acceptors (Lipinski definition) is 3. The molecule has 3 nitrogen and oxygen atoms in total. The topological polar surface area (TPSA) is 47.6 Å². The quantitative estimate of drug-likeness (QED) is 0.467. The minimum atomic E-state index is 0.753. The molecule has 1 aromatic carbocycles. The number of nitrogens with zero attached hydrogens (tertiary/aromatic N) is 1. The number of aryl methyl sites for hydroxylation is 2. The molecule has 2 N–H and O–H groups in total. The lowest BCUT2D eigenvalue weighted by Crippen LogP contribution is -1.99. The van der Waals surface area contributed by atoms with E-state index in [1.165, 1.54) is 0 Å². The minimum absolute atomic E-state index is 0.753. The van der Waals surface area contributed by atoms with E-state index in [0.717, 1.165) is 35.5 Å². The van der Waals surface area contributed by atoms with Gasteiger partial charge in [-0.15, -0.1) is 0 Å². The molecule has 15 heavy (non-hydrogen) atoms. The summed E-state index contributed by atoms with van der Waals surface area (Å²) in [7, 11) is 0. The van der Waals surface area contributed by atoms with Crippen molar-refractivity contribution in [2.75, 3.05) is 6.61 Å². The summed E-state index contributed by atoms with van der Waals surface area (Å²) in [5.41, 5.74) is 3.34. The molecule has 82 valence electrons. The number of rotatable bonds is 4. The van der Waals surface area contributed by atoms with Gasteiger partial charge >= 0.3 is 0 Å². The van der Waals surface area contributed by atoms with Gasteiger partial charge in [-0.1, -0.05) is 6.92 Å². The van der Waals surface area contributed by atoms with Crippen molar-refractivity contribution in [2.45, 2.75) is 27.2 Å². The Morgan fingerprint density at radius 1 is 1.33 bits per heavy atom. The Bertz CT molecular complexity index is 336. The van der Waals surface area contributed by atoms with Gasteiger partial charge in [-0.2, -0.15) is 5.10 Å². The molecule has 3 heteroatoms. The summed E-state index contributed by atoms with van der Waals surface area (Å²) in [4.78, 5) is 0. The number of hydrazone groups is 1. The summed E-state index contributed by atoms with van der Waals surface area (Å²) in [6, 6.07) is 4.03. The first-order chi connectivity index (χ1) is 7.19. The second-order valence-electron chi connectivity index (χ2n) is 3.60. The molecule has 1 aromatic rings. The Morgan fingerprint density at radius 3 is 2.40 bits per heavy atom. The van der Waals surface area contributed by atoms with Crippen LogP contribution in [0.3, 0.4) is 0 Å². The van der Waals surface area contributed by atoms with Gasteiger partial charge in [0.2, 0.25) is 0 Å². The minimum Gasteiger partial charge on any atom is -0.494 e. The van der Waals surface area contributed by atoms with Crippen molar-refractivity contribution in [1.82, 2.24) is 0 Å². The molecule has 0 aromatic heterocycles. The maximum atomic E-state index is 5.57. The Balaban J connectivity index is 2.97. The first kappa shape index (κ1) is 11.6. The third kappa shape index (κ3) is 2.98. The van der Waals surface area contributed by atoms with Crippen molar-refractivity contribution >= 4 is 6.21 Å². The maximum Gasteiger partial charge on any atom is 0.119 e. The van der Waals surface area contributed by atoms with Crippen LogP contribution in [0.4, 0.5) is 0 Å². The van der Waals surface area contributed by atoms with Crippen LogP contribution in [0.2, 0.25) is 0 Å². The standard InChI is InChI=1S/C12H18N2O/c1-4-5-15-11-6-9(2)12(8-14-13)10(3)7-11/h6-8H,4-5,13H2,1-3H3. The van der Waals surface area contributed by atoms with E-state index in [4.69, 9.17) is 10.6 Å². The zero-order valence-corrected chi connectivity index (χ0v) is 9.58. The van der Waals surface area contributed by atoms with Gasteiger partial charge in [0.15, 0.2) is 0 Å². The molecule has 0 amide bonds. The summed E-state index contributed by atoms with van der Waals surface area (Å²) >= 11 is 0. The number of benzene rings is 1. The van der Waals surface area contributed by atoms with Crippen molar-refractivity contribution in [1.29, 1.82) is 0 Å². The second kappa shape index (κ2) is 5.39. The molecule has 0 atom stereocenters. The molecular formula is C12H18N2O. The zero-order valence-electron chi connectivity index (χ0n) is 9.58. The smallest absolute Gasteiger partial charge is 0.119 e. The van der Waals surface area contributed by atoms with Gasteiger partial charge < -0.3 is 10.6 Å². The zero-order chi connectivity index (χ0) is 11.3. The fourth-order valence-electron chi connectivity index (χ4n) is 1.52. The van der Waals surface area contributed by atoms with E-state index in [-0.39, 0.29) is 0 Å². The average Bonchev–Trinajstić information content (AvgIpc) is 2.20. The lowest BCUT2D eigenvalue weighted by molar-refractivity contribution is 0.317. The van der Waals surface area contributed by atoms with E-state index in [1.54, 1.807) is 6.21 Å². The van der Waals surface area contributed by atoms with Gasteiger partial charge in [0.25, 0.3) is 0 Å². The van der Waals surface area contributed by atoms with E-state index in [1.807, 2.05) is 26.0 Å². The van der Waals surface area contributed by atoms with Gasteiger partial charge in [0, 0.05) is 5.56 Å². The average molecular weight is 206 g/mol. The SMILES string of the molecule is CCCOc1cc(C)c(C=NN)c(C)c1. The highest BCUT2D eigenvalue weighted by Gasteiger charge is 2.03. The van der Waals surface area contributed by atoms with Crippen molar-refractivity contribution < 1.29 is 4.74 Å². The van der Waals surface area contributed by atoms with Crippen LogP contribution in [0.1, 0.15) is 30.0 Å². The van der Waals surface area contributed by atoms with Crippen LogP contribution in [0.5, 0.6) is 5.75 Å². The molecule has 1 rings (SSSR count). The van der Waals surface area contributed by atoms with Gasteiger partial charge in [-0.25, -0.2) is 0 Å². The molecule has 0 saturated heterocycles. The van der Waals surface area contributed by atoms with Gasteiger partial charge in [-0.3, -0.25) is 0 Å². The predicted octanol–water partition coefficient (Wildman–Crippen LogP) is 2.38. The molecule has 0 heterocycles. The number of ether oxygens (including phenoxy) is 1. The van der Waals surface area contributed by atoms with Crippen LogP contribution in [-0.2, 0) is 0 Å². The molecule has 0 saturated carbocycles. The largest absolute Gasteiger partial charge is 0.494 e. The summed E-state index contributed by atoms with van der Waals surface area (Å²) in [6.45, 7) is 6.91. The first-order valence-electron chi connectivity index (χ1n) is 5.16. The van der Waals surface area contributed by atoms with Crippen LogP contribution in [0, 0.1) is 13.8 Å². The first-order valence-corrected chi connectivity index (χ1v) is 5.16. The summed E-state index contributed by atoms with van der Waals surface area (Å²) < 4.78 is 5.57. The van der Waals surface area contributed by atoms with Crippen molar-refractivity contribution in [3.63, 3.8) is 0 Å². The third-order valence-electron chi connectivity index (χ3n) is 2.24. The molecule has 0 radical (unpaired) electrons. The van der Waals surface area contributed by atoms with E-state index in [2.05, 4.69) is 12.0 Å². The lowest BCUT2D eigenvalue weighted by atomic mass is 10.0. The van der Waals surface area contributed by atoms with E-state index in [9.17, 15) is 0 Å². The van der Waals surface area contributed by atoms with Crippen LogP contribution in [0.25, 0.3) is 0 Å². The van der Waals surface area contributed by atoms with Gasteiger partial charge in [0.05, 0.1) is 12.8 Å². The van der Waals surface area contributed by atoms with Gasteiger partial charge in [-0.05, 0) is 43.5 Å². The maximum absolute atomic E-state index is 5.57. The number of hydrogen-bond donors (Lipinski definition) is 1. The highest BCUT2D eigenvalue weighted by atomic mass is 16.5. The number of nitrogens with two attached hydrogens (primary N) is 1. The van der Waals surface area contributed by atoms with Gasteiger partial charge in [0.1, 0.15) is 5.75 Å². The van der Waals surface area contributed by atoms with Crippen LogP contribution >= 0.6 is 0 Å². The Hall–Kier alpha value is -1.51. The third-order valence-corrected chi connectivity index (χ3v) is 2.24. The predicted molar refractivity (Wildman–Crippen MR) is 63.5 cm³/mol. The Kier molecular flexibility index (Phi) is 4.16. The van der Waals surface area contributed by atoms with Crippen molar-refractivity contribution in [2.24, 2.45) is 10.9 Å². The monoisotopic (exact) mass is 206 g/mol. The highest BCUT2D eigenvalue weighted by Crippen LogP contribution is 2.20. The van der Waals surface area contributed by atoms with Crippen LogP contribution in [0.15, 0.2) is 17.2 Å². The summed E-state index contributed by atoms with van der Waals surface area (Å²) in [6.07, 6.45) is 2.69. The van der Waals surface area contributed by atoms with Crippen LogP contribution < -0.4 is 10.6 Å².